The van der Waals surface area contributed by atoms with Gasteiger partial charge in [0.1, 0.15) is 6.26 Å². The van der Waals surface area contributed by atoms with E-state index in [9.17, 15) is 0 Å². The zero-order chi connectivity index (χ0) is 12.9. The molecule has 0 spiro atoms. The van der Waals surface area contributed by atoms with E-state index in [2.05, 4.69) is 42.9 Å². The topological polar surface area (TPSA) is 41.3 Å². The van der Waals surface area contributed by atoms with Crippen molar-refractivity contribution in [2.75, 3.05) is 25.0 Å². The van der Waals surface area contributed by atoms with Crippen molar-refractivity contribution in [3.05, 3.63) is 12.0 Å². The summed E-state index contributed by atoms with van der Waals surface area (Å²) in [5.74, 6) is 0. The van der Waals surface area contributed by atoms with E-state index in [4.69, 9.17) is 4.42 Å². The Balaban J connectivity index is 2.49. The SMILES string of the molecule is CCCNCc1coc(N(C)CC(C)(C)C)n1. The van der Waals surface area contributed by atoms with Gasteiger partial charge in [-0.3, -0.25) is 0 Å². The molecule has 0 aliphatic carbocycles. The summed E-state index contributed by atoms with van der Waals surface area (Å²) < 4.78 is 5.48. The van der Waals surface area contributed by atoms with Crippen LogP contribution >= 0.6 is 0 Å². The second-order valence-electron chi connectivity index (χ2n) is 5.71. The molecular weight excluding hydrogens is 214 g/mol. The van der Waals surface area contributed by atoms with Crippen LogP contribution in [0.25, 0.3) is 0 Å². The van der Waals surface area contributed by atoms with Crippen LogP contribution in [0.2, 0.25) is 0 Å². The number of hydrogen-bond acceptors (Lipinski definition) is 4. The van der Waals surface area contributed by atoms with Gasteiger partial charge in [-0.2, -0.15) is 4.98 Å². The van der Waals surface area contributed by atoms with Gasteiger partial charge >= 0.3 is 0 Å². The van der Waals surface area contributed by atoms with Gasteiger partial charge in [-0.15, -0.1) is 0 Å². The molecule has 0 fully saturated rings. The second-order valence-corrected chi connectivity index (χ2v) is 5.71. The summed E-state index contributed by atoms with van der Waals surface area (Å²) in [5, 5.41) is 3.31. The highest BCUT2D eigenvalue weighted by Gasteiger charge is 2.17. The number of oxazole rings is 1. The zero-order valence-corrected chi connectivity index (χ0v) is 11.7. The van der Waals surface area contributed by atoms with E-state index in [1.807, 2.05) is 7.05 Å². The highest BCUT2D eigenvalue weighted by molar-refractivity contribution is 5.25. The summed E-state index contributed by atoms with van der Waals surface area (Å²) in [6.07, 6.45) is 2.87. The summed E-state index contributed by atoms with van der Waals surface area (Å²) in [5.41, 5.74) is 1.21. The van der Waals surface area contributed by atoms with Gasteiger partial charge < -0.3 is 14.6 Å². The molecule has 0 amide bonds. The van der Waals surface area contributed by atoms with Crippen molar-refractivity contribution < 1.29 is 4.42 Å². The van der Waals surface area contributed by atoms with Crippen LogP contribution in [0, 0.1) is 5.41 Å². The van der Waals surface area contributed by atoms with E-state index in [0.29, 0.717) is 6.01 Å². The average Bonchev–Trinajstić information content (AvgIpc) is 2.64. The number of nitrogens with zero attached hydrogens (tertiary/aromatic N) is 2. The van der Waals surface area contributed by atoms with Crippen LogP contribution in [0.4, 0.5) is 6.01 Å². The minimum Gasteiger partial charge on any atom is -0.432 e. The van der Waals surface area contributed by atoms with Crippen molar-refractivity contribution in [3.63, 3.8) is 0 Å². The standard InChI is InChI=1S/C13H25N3O/c1-6-7-14-8-11-9-17-12(15-11)16(5)10-13(2,3)4/h9,14H,6-8,10H2,1-5H3. The monoisotopic (exact) mass is 239 g/mol. The minimum absolute atomic E-state index is 0.240. The molecule has 0 saturated heterocycles. The first-order valence-corrected chi connectivity index (χ1v) is 6.28. The molecule has 0 radical (unpaired) electrons. The molecule has 4 nitrogen and oxygen atoms in total. The lowest BCUT2D eigenvalue weighted by Gasteiger charge is -2.25. The van der Waals surface area contributed by atoms with Crippen LogP contribution in [0.3, 0.4) is 0 Å². The van der Waals surface area contributed by atoms with E-state index < -0.39 is 0 Å². The van der Waals surface area contributed by atoms with Gasteiger partial charge in [-0.25, -0.2) is 0 Å². The quantitative estimate of drug-likeness (QED) is 0.775. The molecule has 1 rings (SSSR count). The molecule has 1 heterocycles. The molecule has 1 aromatic heterocycles. The Labute approximate surface area is 104 Å². The van der Waals surface area contributed by atoms with E-state index in [1.165, 1.54) is 0 Å². The van der Waals surface area contributed by atoms with Gasteiger partial charge in [-0.05, 0) is 18.4 Å². The molecule has 0 unspecified atom stereocenters. The number of aromatic nitrogens is 1. The first-order chi connectivity index (χ1) is 7.92. The van der Waals surface area contributed by atoms with Crippen LogP contribution < -0.4 is 10.2 Å². The largest absolute Gasteiger partial charge is 0.432 e. The van der Waals surface area contributed by atoms with Gasteiger partial charge in [0, 0.05) is 20.1 Å². The van der Waals surface area contributed by atoms with Crippen molar-refractivity contribution in [1.29, 1.82) is 0 Å². The Morgan fingerprint density at radius 2 is 2.12 bits per heavy atom. The Hall–Kier alpha value is -1.03. The molecule has 0 saturated carbocycles. The molecule has 1 N–H and O–H groups in total. The van der Waals surface area contributed by atoms with Gasteiger partial charge in [0.25, 0.3) is 6.01 Å². The van der Waals surface area contributed by atoms with E-state index in [-0.39, 0.29) is 5.41 Å². The van der Waals surface area contributed by atoms with Gasteiger partial charge in [-0.1, -0.05) is 27.7 Å². The lowest BCUT2D eigenvalue weighted by molar-refractivity contribution is 0.403. The highest BCUT2D eigenvalue weighted by Crippen LogP contribution is 2.19. The molecular formula is C13H25N3O. The third-order valence-electron chi connectivity index (χ3n) is 2.31. The van der Waals surface area contributed by atoms with Crippen LogP contribution in [0.15, 0.2) is 10.7 Å². The maximum absolute atomic E-state index is 5.48. The predicted molar refractivity (Wildman–Crippen MR) is 71.2 cm³/mol. The Bertz CT molecular complexity index is 328. The normalized spacial score (nSPS) is 11.8. The smallest absolute Gasteiger partial charge is 0.297 e. The molecule has 4 heteroatoms. The predicted octanol–water partition coefficient (Wildman–Crippen LogP) is 2.66. The summed E-state index contributed by atoms with van der Waals surface area (Å²) in [4.78, 5) is 6.52. The Kier molecular flexibility index (Phi) is 5.00. The summed E-state index contributed by atoms with van der Waals surface area (Å²) >= 11 is 0. The van der Waals surface area contributed by atoms with Gasteiger partial charge in [0.2, 0.25) is 0 Å². The molecule has 0 aromatic carbocycles. The molecule has 17 heavy (non-hydrogen) atoms. The fourth-order valence-corrected chi connectivity index (χ4v) is 1.73. The van der Waals surface area contributed by atoms with Crippen molar-refractivity contribution >= 4 is 6.01 Å². The van der Waals surface area contributed by atoms with E-state index in [1.54, 1.807) is 6.26 Å². The lowest BCUT2D eigenvalue weighted by atomic mass is 9.96. The number of hydrogen-bond donors (Lipinski definition) is 1. The van der Waals surface area contributed by atoms with Gasteiger partial charge in [0.05, 0.1) is 5.69 Å². The zero-order valence-electron chi connectivity index (χ0n) is 11.7. The van der Waals surface area contributed by atoms with Gasteiger partial charge in [0.15, 0.2) is 0 Å². The van der Waals surface area contributed by atoms with Crippen LogP contribution in [0.1, 0.15) is 39.8 Å². The molecule has 0 aliphatic heterocycles. The maximum atomic E-state index is 5.48. The molecule has 0 aliphatic rings. The van der Waals surface area contributed by atoms with Crippen molar-refractivity contribution in [2.24, 2.45) is 5.41 Å². The third kappa shape index (κ3) is 5.22. The van der Waals surface area contributed by atoms with Crippen LogP contribution in [-0.4, -0.2) is 25.1 Å². The summed E-state index contributed by atoms with van der Waals surface area (Å²) in [6.45, 7) is 11.5. The molecule has 98 valence electrons. The Morgan fingerprint density at radius 3 is 2.71 bits per heavy atom. The average molecular weight is 239 g/mol. The Morgan fingerprint density at radius 1 is 1.41 bits per heavy atom. The molecule has 1 aromatic rings. The maximum Gasteiger partial charge on any atom is 0.297 e. The fourth-order valence-electron chi connectivity index (χ4n) is 1.73. The van der Waals surface area contributed by atoms with Crippen LogP contribution in [0.5, 0.6) is 0 Å². The minimum atomic E-state index is 0.240. The third-order valence-corrected chi connectivity index (χ3v) is 2.31. The first-order valence-electron chi connectivity index (χ1n) is 6.28. The van der Waals surface area contributed by atoms with E-state index >= 15 is 0 Å². The summed E-state index contributed by atoms with van der Waals surface area (Å²) in [6, 6.07) is 0.702. The van der Waals surface area contributed by atoms with Crippen LogP contribution in [-0.2, 0) is 6.54 Å². The summed E-state index contributed by atoms with van der Waals surface area (Å²) in [7, 11) is 2.01. The van der Waals surface area contributed by atoms with Crippen molar-refractivity contribution in [2.45, 2.75) is 40.7 Å². The first kappa shape index (κ1) is 14.0. The number of anilines is 1. The van der Waals surface area contributed by atoms with Crippen molar-refractivity contribution in [3.8, 4) is 0 Å². The van der Waals surface area contributed by atoms with Crippen molar-refractivity contribution in [1.82, 2.24) is 10.3 Å². The number of rotatable bonds is 6. The molecule has 0 bridgehead atoms. The number of nitrogens with one attached hydrogen (secondary N) is 1. The fraction of sp³-hybridized carbons (Fsp3) is 0.769. The molecule has 0 atom stereocenters. The second kappa shape index (κ2) is 6.05. The lowest BCUT2D eigenvalue weighted by Crippen LogP contribution is -2.29. The van der Waals surface area contributed by atoms with E-state index in [0.717, 1.165) is 31.7 Å². The highest BCUT2D eigenvalue weighted by atomic mass is 16.4.